The normalized spacial score (nSPS) is 10.4. The molecule has 3 nitrogen and oxygen atoms in total. The van der Waals surface area contributed by atoms with Crippen LogP contribution in [0.1, 0.15) is 33.2 Å². The lowest BCUT2D eigenvalue weighted by Crippen LogP contribution is -2.05. The van der Waals surface area contributed by atoms with Gasteiger partial charge in [-0.3, -0.25) is 9.59 Å². The Morgan fingerprint density at radius 1 is 0.750 bits per heavy atom. The summed E-state index contributed by atoms with van der Waals surface area (Å²) in [5.41, 5.74) is 10.0. The second kappa shape index (κ2) is 6.50. The number of hydrogen-bond donors (Lipinski definition) is 1. The zero-order chi connectivity index (χ0) is 17.1. The molecule has 0 saturated carbocycles. The molecule has 0 heterocycles. The van der Waals surface area contributed by atoms with Gasteiger partial charge in [0.25, 0.3) is 0 Å². The third kappa shape index (κ3) is 3.10. The number of carbonyl (C=O) groups excluding carboxylic acids is 2. The van der Waals surface area contributed by atoms with Crippen LogP contribution >= 0.6 is 0 Å². The Balaban J connectivity index is 2.00. The molecule has 0 radical (unpaired) electrons. The van der Waals surface area contributed by atoms with Gasteiger partial charge in [0.1, 0.15) is 0 Å². The largest absolute Gasteiger partial charge is 0.398 e. The average Bonchev–Trinajstić information content (AvgIpc) is 2.62. The van der Waals surface area contributed by atoms with Gasteiger partial charge in [0.05, 0.1) is 0 Å². The van der Waals surface area contributed by atoms with E-state index in [-0.39, 0.29) is 11.6 Å². The molecule has 3 aromatic rings. The molecule has 0 unspecified atom stereocenters. The van der Waals surface area contributed by atoms with E-state index in [1.54, 1.807) is 36.4 Å². The number of ketones is 2. The van der Waals surface area contributed by atoms with E-state index in [9.17, 15) is 9.59 Å². The molecule has 2 N–H and O–H groups in total. The van der Waals surface area contributed by atoms with E-state index in [1.807, 2.05) is 36.4 Å². The van der Waals surface area contributed by atoms with E-state index < -0.39 is 0 Å². The van der Waals surface area contributed by atoms with Gasteiger partial charge in [0.15, 0.2) is 11.6 Å². The first-order valence-corrected chi connectivity index (χ1v) is 7.67. The van der Waals surface area contributed by atoms with Crippen LogP contribution in [0.5, 0.6) is 0 Å². The van der Waals surface area contributed by atoms with Crippen LogP contribution < -0.4 is 5.73 Å². The van der Waals surface area contributed by atoms with Gasteiger partial charge in [-0.2, -0.15) is 0 Å². The van der Waals surface area contributed by atoms with Crippen molar-refractivity contribution in [1.82, 2.24) is 0 Å². The highest BCUT2D eigenvalue weighted by Gasteiger charge is 2.13. The molecule has 0 atom stereocenters. The summed E-state index contributed by atoms with van der Waals surface area (Å²) in [6.45, 7) is 1.54. The first kappa shape index (κ1) is 15.7. The van der Waals surface area contributed by atoms with Crippen molar-refractivity contribution in [3.63, 3.8) is 0 Å². The molecule has 3 rings (SSSR count). The third-order valence-electron chi connectivity index (χ3n) is 3.96. The molecule has 0 saturated heterocycles. The van der Waals surface area contributed by atoms with Crippen molar-refractivity contribution < 1.29 is 9.59 Å². The van der Waals surface area contributed by atoms with E-state index in [0.29, 0.717) is 22.4 Å². The fraction of sp³-hybridized carbons (Fsp3) is 0.0476. The molecule has 0 aliphatic heterocycles. The van der Waals surface area contributed by atoms with E-state index in [1.165, 1.54) is 6.92 Å². The molecule has 0 fully saturated rings. The van der Waals surface area contributed by atoms with Crippen LogP contribution in [-0.4, -0.2) is 11.6 Å². The van der Waals surface area contributed by atoms with Gasteiger partial charge in [0, 0.05) is 22.4 Å². The monoisotopic (exact) mass is 315 g/mol. The quantitative estimate of drug-likeness (QED) is 0.574. The Bertz CT molecular complexity index is 897. The van der Waals surface area contributed by atoms with Gasteiger partial charge in [0.2, 0.25) is 0 Å². The van der Waals surface area contributed by atoms with Gasteiger partial charge >= 0.3 is 0 Å². The maximum absolute atomic E-state index is 12.7. The molecule has 0 aliphatic rings. The number of anilines is 1. The zero-order valence-corrected chi connectivity index (χ0v) is 13.3. The summed E-state index contributed by atoms with van der Waals surface area (Å²) in [7, 11) is 0. The van der Waals surface area contributed by atoms with Crippen molar-refractivity contribution in [2.24, 2.45) is 0 Å². The van der Waals surface area contributed by atoms with Crippen LogP contribution in [0.2, 0.25) is 0 Å². The maximum Gasteiger partial charge on any atom is 0.195 e. The molecule has 24 heavy (non-hydrogen) atoms. The number of carbonyl (C=O) groups is 2. The third-order valence-corrected chi connectivity index (χ3v) is 3.96. The van der Waals surface area contributed by atoms with Gasteiger partial charge < -0.3 is 5.73 Å². The van der Waals surface area contributed by atoms with E-state index in [2.05, 4.69) is 0 Å². The first-order chi connectivity index (χ1) is 11.6. The van der Waals surface area contributed by atoms with E-state index in [0.717, 1.165) is 11.1 Å². The Hall–Kier alpha value is -3.20. The number of Topliss-reactive ketones (excluding diaryl/α,β-unsaturated/α-hetero) is 1. The second-order valence-electron chi connectivity index (χ2n) is 5.63. The van der Waals surface area contributed by atoms with Crippen LogP contribution in [-0.2, 0) is 0 Å². The fourth-order valence-electron chi connectivity index (χ4n) is 2.57. The van der Waals surface area contributed by atoms with Crippen LogP contribution in [0, 0.1) is 0 Å². The van der Waals surface area contributed by atoms with Crippen LogP contribution in [0.15, 0.2) is 72.8 Å². The summed E-state index contributed by atoms with van der Waals surface area (Å²) in [6.07, 6.45) is 0. The molecule has 0 spiro atoms. The van der Waals surface area contributed by atoms with Crippen molar-refractivity contribution in [3.8, 4) is 11.1 Å². The molecule has 3 aromatic carbocycles. The summed E-state index contributed by atoms with van der Waals surface area (Å²) < 4.78 is 0. The standard InChI is InChI=1S/C21H17NO2/c1-14(23)15-7-9-16(10-8-15)18-11-12-20(22)19(13-18)21(24)17-5-3-2-4-6-17/h2-13H,22H2,1H3. The molecule has 0 aliphatic carbocycles. The fourth-order valence-corrected chi connectivity index (χ4v) is 2.57. The molecule has 0 aromatic heterocycles. The minimum absolute atomic E-state index is 0.0267. The van der Waals surface area contributed by atoms with Gasteiger partial charge in [-0.15, -0.1) is 0 Å². The summed E-state index contributed by atoms with van der Waals surface area (Å²) in [4.78, 5) is 24.0. The lowest BCUT2D eigenvalue weighted by Gasteiger charge is -2.09. The zero-order valence-electron chi connectivity index (χ0n) is 13.3. The lowest BCUT2D eigenvalue weighted by molar-refractivity contribution is 0.101. The van der Waals surface area contributed by atoms with Crippen molar-refractivity contribution in [1.29, 1.82) is 0 Å². The summed E-state index contributed by atoms with van der Waals surface area (Å²) in [5, 5.41) is 0. The average molecular weight is 315 g/mol. The second-order valence-corrected chi connectivity index (χ2v) is 5.63. The molecule has 0 amide bonds. The van der Waals surface area contributed by atoms with Gasteiger partial charge in [-0.1, -0.05) is 60.7 Å². The highest BCUT2D eigenvalue weighted by molar-refractivity contribution is 6.12. The SMILES string of the molecule is CC(=O)c1ccc(-c2ccc(N)c(C(=O)c3ccccc3)c2)cc1. The van der Waals surface area contributed by atoms with Crippen molar-refractivity contribution in [3.05, 3.63) is 89.5 Å². The van der Waals surface area contributed by atoms with Gasteiger partial charge in [-0.25, -0.2) is 0 Å². The molecule has 3 heteroatoms. The molecular weight excluding hydrogens is 298 g/mol. The van der Waals surface area contributed by atoms with Crippen LogP contribution in [0.25, 0.3) is 11.1 Å². The van der Waals surface area contributed by atoms with Crippen LogP contribution in [0.4, 0.5) is 5.69 Å². The Morgan fingerprint density at radius 3 is 2.00 bits per heavy atom. The predicted octanol–water partition coefficient (Wildman–Crippen LogP) is 4.37. The summed E-state index contributed by atoms with van der Waals surface area (Å²) in [5.74, 6) is -0.0749. The molecular formula is C21H17NO2. The van der Waals surface area contributed by atoms with Crippen molar-refractivity contribution in [2.75, 3.05) is 5.73 Å². The summed E-state index contributed by atoms with van der Waals surface area (Å²) in [6, 6.07) is 21.8. The minimum atomic E-state index is -0.102. The van der Waals surface area contributed by atoms with Crippen molar-refractivity contribution in [2.45, 2.75) is 6.92 Å². The Morgan fingerprint density at radius 2 is 1.38 bits per heavy atom. The molecule has 0 bridgehead atoms. The van der Waals surface area contributed by atoms with E-state index in [4.69, 9.17) is 5.73 Å². The van der Waals surface area contributed by atoms with Crippen molar-refractivity contribution >= 4 is 17.3 Å². The maximum atomic E-state index is 12.7. The van der Waals surface area contributed by atoms with Gasteiger partial charge in [-0.05, 0) is 30.2 Å². The highest BCUT2D eigenvalue weighted by Crippen LogP contribution is 2.26. The highest BCUT2D eigenvalue weighted by atomic mass is 16.1. The first-order valence-electron chi connectivity index (χ1n) is 7.67. The topological polar surface area (TPSA) is 60.2 Å². The lowest BCUT2D eigenvalue weighted by atomic mass is 9.96. The Labute approximate surface area is 140 Å². The number of hydrogen-bond acceptors (Lipinski definition) is 3. The molecule has 118 valence electrons. The predicted molar refractivity (Wildman–Crippen MR) is 96.2 cm³/mol. The number of nitrogen functional groups attached to an aromatic ring is 1. The minimum Gasteiger partial charge on any atom is -0.398 e. The number of rotatable bonds is 4. The summed E-state index contributed by atoms with van der Waals surface area (Å²) >= 11 is 0. The number of benzene rings is 3. The Kier molecular flexibility index (Phi) is 4.25. The van der Waals surface area contributed by atoms with E-state index >= 15 is 0 Å². The number of nitrogens with two attached hydrogens (primary N) is 1. The smallest absolute Gasteiger partial charge is 0.195 e. The van der Waals surface area contributed by atoms with Crippen LogP contribution in [0.3, 0.4) is 0 Å².